The molecule has 1 aromatic carbocycles. The molecular weight excluding hydrogens is 252 g/mol. The Morgan fingerprint density at radius 1 is 1.22 bits per heavy atom. The van der Waals surface area contributed by atoms with E-state index in [0.29, 0.717) is 23.9 Å². The third kappa shape index (κ3) is 3.24. The Hall–Kier alpha value is -2.01. The first kappa shape index (κ1) is 12.4. The van der Waals surface area contributed by atoms with Crippen molar-refractivity contribution < 1.29 is 4.79 Å². The van der Waals surface area contributed by atoms with Crippen molar-refractivity contribution in [3.63, 3.8) is 0 Å². The Bertz CT molecular complexity index is 536. The summed E-state index contributed by atoms with van der Waals surface area (Å²) in [6, 6.07) is 7.25. The van der Waals surface area contributed by atoms with E-state index in [1.54, 1.807) is 19.1 Å². The number of nitrogens with zero attached hydrogens (tertiary/aromatic N) is 3. The van der Waals surface area contributed by atoms with Gasteiger partial charge < -0.3 is 5.32 Å². The predicted octanol–water partition coefficient (Wildman–Crippen LogP) is 2.26. The number of nitrogens with one attached hydrogen (secondary N) is 1. The third-order valence-corrected chi connectivity index (χ3v) is 2.46. The SMILES string of the molecule is Cc1nc(Cl)nc(NCc2ccc(C=O)cc2)n1. The number of rotatable bonds is 4. The standard InChI is InChI=1S/C12H11ClN4O/c1-8-15-11(13)17-12(16-8)14-6-9-2-4-10(7-18)5-3-9/h2-5,7H,6H2,1H3,(H,14,15,16,17). The van der Waals surface area contributed by atoms with Crippen molar-refractivity contribution in [1.29, 1.82) is 0 Å². The molecule has 0 aliphatic heterocycles. The Balaban J connectivity index is 2.03. The second kappa shape index (κ2) is 5.55. The van der Waals surface area contributed by atoms with Gasteiger partial charge in [-0.1, -0.05) is 24.3 Å². The average molecular weight is 263 g/mol. The highest BCUT2D eigenvalue weighted by Gasteiger charge is 2.01. The molecule has 6 heteroatoms. The molecule has 0 fully saturated rings. The molecule has 0 unspecified atom stereocenters. The number of aryl methyl sites for hydroxylation is 1. The number of aldehydes is 1. The lowest BCUT2D eigenvalue weighted by Crippen LogP contribution is -2.05. The maximum absolute atomic E-state index is 10.5. The maximum Gasteiger partial charge on any atom is 0.227 e. The minimum Gasteiger partial charge on any atom is -0.350 e. The molecule has 18 heavy (non-hydrogen) atoms. The van der Waals surface area contributed by atoms with Crippen molar-refractivity contribution in [2.24, 2.45) is 0 Å². The van der Waals surface area contributed by atoms with Crippen LogP contribution in [-0.2, 0) is 6.54 Å². The predicted molar refractivity (Wildman–Crippen MR) is 68.7 cm³/mol. The highest BCUT2D eigenvalue weighted by atomic mass is 35.5. The highest BCUT2D eigenvalue weighted by molar-refractivity contribution is 6.28. The van der Waals surface area contributed by atoms with Crippen LogP contribution in [0.15, 0.2) is 24.3 Å². The molecule has 0 amide bonds. The number of benzene rings is 1. The van der Waals surface area contributed by atoms with Crippen LogP contribution in [0, 0.1) is 6.92 Å². The quantitative estimate of drug-likeness (QED) is 0.856. The summed E-state index contributed by atoms with van der Waals surface area (Å²) in [5.74, 6) is 1.00. The van der Waals surface area contributed by atoms with Gasteiger partial charge in [0.2, 0.25) is 11.2 Å². The van der Waals surface area contributed by atoms with Crippen LogP contribution in [0.4, 0.5) is 5.95 Å². The van der Waals surface area contributed by atoms with Crippen molar-refractivity contribution in [3.05, 3.63) is 46.5 Å². The second-order valence-electron chi connectivity index (χ2n) is 3.69. The van der Waals surface area contributed by atoms with Gasteiger partial charge in [0.05, 0.1) is 0 Å². The molecule has 0 saturated carbocycles. The molecule has 92 valence electrons. The van der Waals surface area contributed by atoms with Crippen LogP contribution >= 0.6 is 11.6 Å². The molecule has 0 atom stereocenters. The Morgan fingerprint density at radius 2 is 1.94 bits per heavy atom. The van der Waals surface area contributed by atoms with Crippen molar-refractivity contribution in [1.82, 2.24) is 15.0 Å². The van der Waals surface area contributed by atoms with E-state index < -0.39 is 0 Å². The molecule has 2 aromatic rings. The van der Waals surface area contributed by atoms with Crippen LogP contribution in [0.3, 0.4) is 0 Å². The number of halogens is 1. The fourth-order valence-corrected chi connectivity index (χ4v) is 1.63. The lowest BCUT2D eigenvalue weighted by Gasteiger charge is -2.05. The van der Waals surface area contributed by atoms with Crippen LogP contribution in [0.2, 0.25) is 5.28 Å². The van der Waals surface area contributed by atoms with Gasteiger partial charge in [0.25, 0.3) is 0 Å². The summed E-state index contributed by atoms with van der Waals surface area (Å²) in [6.07, 6.45) is 0.812. The molecule has 0 bridgehead atoms. The Kier molecular flexibility index (Phi) is 3.84. The van der Waals surface area contributed by atoms with Crippen LogP contribution in [0.5, 0.6) is 0 Å². The summed E-state index contributed by atoms with van der Waals surface area (Å²) in [5, 5.41) is 3.21. The number of carbonyl (C=O) groups excluding carboxylic acids is 1. The van der Waals surface area contributed by atoms with Gasteiger partial charge in [-0.05, 0) is 24.1 Å². The lowest BCUT2D eigenvalue weighted by molar-refractivity contribution is 0.112. The molecule has 1 aromatic heterocycles. The molecule has 0 saturated heterocycles. The topological polar surface area (TPSA) is 67.8 Å². The van der Waals surface area contributed by atoms with Gasteiger partial charge in [-0.25, -0.2) is 4.98 Å². The number of carbonyl (C=O) groups is 1. The smallest absolute Gasteiger partial charge is 0.227 e. The van der Waals surface area contributed by atoms with Gasteiger partial charge >= 0.3 is 0 Å². The minimum atomic E-state index is 0.168. The lowest BCUT2D eigenvalue weighted by atomic mass is 10.1. The van der Waals surface area contributed by atoms with Gasteiger partial charge in [0.15, 0.2) is 0 Å². The number of hydrogen-bond donors (Lipinski definition) is 1. The molecule has 1 N–H and O–H groups in total. The van der Waals surface area contributed by atoms with Crippen LogP contribution in [-0.4, -0.2) is 21.2 Å². The van der Waals surface area contributed by atoms with E-state index in [-0.39, 0.29) is 5.28 Å². The van der Waals surface area contributed by atoms with E-state index in [1.807, 2.05) is 12.1 Å². The number of hydrogen-bond acceptors (Lipinski definition) is 5. The molecule has 5 nitrogen and oxygen atoms in total. The first-order chi connectivity index (χ1) is 8.67. The van der Waals surface area contributed by atoms with E-state index >= 15 is 0 Å². The summed E-state index contributed by atoms with van der Waals surface area (Å²) in [7, 11) is 0. The Morgan fingerprint density at radius 3 is 2.56 bits per heavy atom. The molecule has 1 heterocycles. The summed E-state index contributed by atoms with van der Waals surface area (Å²) < 4.78 is 0. The largest absolute Gasteiger partial charge is 0.350 e. The third-order valence-electron chi connectivity index (χ3n) is 2.29. The first-order valence-corrected chi connectivity index (χ1v) is 5.71. The normalized spacial score (nSPS) is 10.1. The maximum atomic E-state index is 10.5. The Labute approximate surface area is 109 Å². The van der Waals surface area contributed by atoms with E-state index in [1.165, 1.54) is 0 Å². The fourth-order valence-electron chi connectivity index (χ4n) is 1.42. The zero-order chi connectivity index (χ0) is 13.0. The second-order valence-corrected chi connectivity index (χ2v) is 4.03. The average Bonchev–Trinajstić information content (AvgIpc) is 2.36. The summed E-state index contributed by atoms with van der Waals surface area (Å²) in [5.41, 5.74) is 1.67. The van der Waals surface area contributed by atoms with Gasteiger partial charge in [-0.15, -0.1) is 0 Å². The summed E-state index contributed by atoms with van der Waals surface area (Å²) in [4.78, 5) is 22.5. The molecule has 2 rings (SSSR count). The van der Waals surface area contributed by atoms with Crippen molar-refractivity contribution in [3.8, 4) is 0 Å². The van der Waals surface area contributed by atoms with Crippen LogP contribution in [0.1, 0.15) is 21.7 Å². The fraction of sp³-hybridized carbons (Fsp3) is 0.167. The molecule has 0 spiro atoms. The van der Waals surface area contributed by atoms with Crippen LogP contribution in [0.25, 0.3) is 0 Å². The molecule has 0 radical (unpaired) electrons. The van der Waals surface area contributed by atoms with Gasteiger partial charge in [-0.3, -0.25) is 4.79 Å². The van der Waals surface area contributed by atoms with Crippen molar-refractivity contribution in [2.75, 3.05) is 5.32 Å². The zero-order valence-corrected chi connectivity index (χ0v) is 10.5. The van der Waals surface area contributed by atoms with E-state index in [2.05, 4.69) is 20.3 Å². The highest BCUT2D eigenvalue weighted by Crippen LogP contribution is 2.08. The molecule has 0 aliphatic rings. The summed E-state index contributed by atoms with van der Waals surface area (Å²) in [6.45, 7) is 2.30. The monoisotopic (exact) mass is 262 g/mol. The first-order valence-electron chi connectivity index (χ1n) is 5.33. The van der Waals surface area contributed by atoms with E-state index in [0.717, 1.165) is 11.8 Å². The van der Waals surface area contributed by atoms with Gasteiger partial charge in [0, 0.05) is 12.1 Å². The van der Waals surface area contributed by atoms with E-state index in [9.17, 15) is 4.79 Å². The molecular formula is C12H11ClN4O. The molecule has 0 aliphatic carbocycles. The summed E-state index contributed by atoms with van der Waals surface area (Å²) >= 11 is 5.73. The van der Waals surface area contributed by atoms with Crippen LogP contribution < -0.4 is 5.32 Å². The minimum absolute atomic E-state index is 0.168. The van der Waals surface area contributed by atoms with Gasteiger partial charge in [-0.2, -0.15) is 9.97 Å². The van der Waals surface area contributed by atoms with Gasteiger partial charge in [0.1, 0.15) is 12.1 Å². The van der Waals surface area contributed by atoms with E-state index in [4.69, 9.17) is 11.6 Å². The number of aromatic nitrogens is 3. The number of anilines is 1. The zero-order valence-electron chi connectivity index (χ0n) is 9.72. The van der Waals surface area contributed by atoms with Crippen molar-refractivity contribution in [2.45, 2.75) is 13.5 Å². The van der Waals surface area contributed by atoms with Crippen molar-refractivity contribution >= 4 is 23.8 Å².